The van der Waals surface area contributed by atoms with E-state index >= 15 is 0 Å². The average Bonchev–Trinajstić information content (AvgIpc) is 2.94. The van der Waals surface area contributed by atoms with E-state index in [2.05, 4.69) is 10.5 Å². The molecule has 0 radical (unpaired) electrons. The first-order chi connectivity index (χ1) is 10.9. The maximum absolute atomic E-state index is 12.0. The van der Waals surface area contributed by atoms with Crippen LogP contribution in [0.4, 0.5) is 5.69 Å². The summed E-state index contributed by atoms with van der Waals surface area (Å²) in [5.41, 5.74) is 1.21. The molecule has 1 aromatic heterocycles. The number of halogens is 1. The fraction of sp³-hybridized carbons (Fsp3) is 0.200. The van der Waals surface area contributed by atoms with Gasteiger partial charge in [-0.3, -0.25) is 4.79 Å². The van der Waals surface area contributed by atoms with Crippen LogP contribution in [0.15, 0.2) is 28.8 Å². The van der Waals surface area contributed by atoms with Gasteiger partial charge in [-0.05, 0) is 32.0 Å². The molecule has 0 saturated carbocycles. The number of hydrogen-bond acceptors (Lipinski definition) is 6. The van der Waals surface area contributed by atoms with E-state index in [1.165, 1.54) is 31.2 Å². The van der Waals surface area contributed by atoms with Gasteiger partial charge in [0.15, 0.2) is 6.10 Å². The molecule has 0 aliphatic heterocycles. The number of aromatic nitrogens is 1. The molecular formula is C15H12ClN3O4. The second-order valence-corrected chi connectivity index (χ2v) is 5.08. The molecule has 7 nitrogen and oxygen atoms in total. The Bertz CT molecular complexity index is 794. The molecule has 2 aromatic rings. The van der Waals surface area contributed by atoms with E-state index in [9.17, 15) is 9.59 Å². The minimum atomic E-state index is -1.05. The highest BCUT2D eigenvalue weighted by Crippen LogP contribution is 2.20. The number of nitrogens with zero attached hydrogens (tertiary/aromatic N) is 2. The van der Waals surface area contributed by atoms with Crippen molar-refractivity contribution in [2.45, 2.75) is 20.0 Å². The molecule has 0 bridgehead atoms. The van der Waals surface area contributed by atoms with E-state index < -0.39 is 18.0 Å². The second kappa shape index (κ2) is 6.94. The first-order valence-corrected chi connectivity index (χ1v) is 6.93. The third kappa shape index (κ3) is 4.08. The lowest BCUT2D eigenvalue weighted by Crippen LogP contribution is -2.29. The van der Waals surface area contributed by atoms with E-state index in [-0.39, 0.29) is 10.8 Å². The Hall–Kier alpha value is -2.85. The SMILES string of the molecule is Cc1cc(C(=O)O[C@@H](C)C(=O)Nc2ccc(C#N)c(Cl)c2)on1. The molecule has 0 aliphatic rings. The summed E-state index contributed by atoms with van der Waals surface area (Å²) >= 11 is 5.88. The standard InChI is InChI=1S/C15H12ClN3O4/c1-8-5-13(23-19-8)15(21)22-9(2)14(20)18-11-4-3-10(7-17)12(16)6-11/h3-6,9H,1-2H3,(H,18,20)/t9-/m0/s1. The van der Waals surface area contributed by atoms with Crippen molar-refractivity contribution in [1.29, 1.82) is 5.26 Å². The molecule has 0 unspecified atom stereocenters. The van der Waals surface area contributed by atoms with Crippen molar-refractivity contribution in [3.05, 3.63) is 46.3 Å². The topological polar surface area (TPSA) is 105 Å². The Morgan fingerprint density at radius 1 is 1.43 bits per heavy atom. The Morgan fingerprint density at radius 2 is 2.17 bits per heavy atom. The molecule has 23 heavy (non-hydrogen) atoms. The molecule has 118 valence electrons. The van der Waals surface area contributed by atoms with Crippen LogP contribution >= 0.6 is 11.6 Å². The molecule has 1 N–H and O–H groups in total. The lowest BCUT2D eigenvalue weighted by atomic mass is 10.2. The quantitative estimate of drug-likeness (QED) is 0.862. The van der Waals surface area contributed by atoms with Crippen LogP contribution in [0.5, 0.6) is 0 Å². The van der Waals surface area contributed by atoms with Gasteiger partial charge in [-0.25, -0.2) is 4.79 Å². The number of carbonyl (C=O) groups is 2. The number of aryl methyl sites for hydroxylation is 1. The van der Waals surface area contributed by atoms with Gasteiger partial charge in [0.25, 0.3) is 5.91 Å². The Balaban J connectivity index is 1.99. The van der Waals surface area contributed by atoms with Crippen molar-refractivity contribution in [3.8, 4) is 6.07 Å². The van der Waals surface area contributed by atoms with Crippen LogP contribution in [0.25, 0.3) is 0 Å². The normalized spacial score (nSPS) is 11.4. The maximum atomic E-state index is 12.0. The van der Waals surface area contributed by atoms with Crippen LogP contribution in [-0.4, -0.2) is 23.1 Å². The Morgan fingerprint density at radius 3 is 2.74 bits per heavy atom. The number of rotatable bonds is 4. The van der Waals surface area contributed by atoms with Gasteiger partial charge in [-0.1, -0.05) is 16.8 Å². The van der Waals surface area contributed by atoms with Crippen molar-refractivity contribution >= 4 is 29.2 Å². The van der Waals surface area contributed by atoms with E-state index in [1.54, 1.807) is 6.92 Å². The van der Waals surface area contributed by atoms with Crippen LogP contribution in [0.1, 0.15) is 28.7 Å². The zero-order valence-corrected chi connectivity index (χ0v) is 13.0. The maximum Gasteiger partial charge on any atom is 0.377 e. The van der Waals surface area contributed by atoms with Crippen LogP contribution in [-0.2, 0) is 9.53 Å². The van der Waals surface area contributed by atoms with E-state index in [1.807, 2.05) is 6.07 Å². The Labute approximate surface area is 136 Å². The zero-order valence-electron chi connectivity index (χ0n) is 12.3. The summed E-state index contributed by atoms with van der Waals surface area (Å²) in [5, 5.41) is 15.1. The zero-order chi connectivity index (χ0) is 17.0. The van der Waals surface area contributed by atoms with Crippen molar-refractivity contribution in [2.24, 2.45) is 0 Å². The molecule has 2 rings (SSSR count). The molecular weight excluding hydrogens is 322 g/mol. The molecule has 0 aliphatic carbocycles. The summed E-state index contributed by atoms with van der Waals surface area (Å²) in [6.07, 6.45) is -1.05. The molecule has 8 heteroatoms. The third-order valence-electron chi connectivity index (χ3n) is 2.84. The number of anilines is 1. The fourth-order valence-corrected chi connectivity index (χ4v) is 1.88. The smallest absolute Gasteiger partial charge is 0.377 e. The Kier molecular flexibility index (Phi) is 4.98. The van der Waals surface area contributed by atoms with E-state index in [0.717, 1.165) is 0 Å². The number of amides is 1. The van der Waals surface area contributed by atoms with Gasteiger partial charge in [0.05, 0.1) is 16.3 Å². The first-order valence-electron chi connectivity index (χ1n) is 6.55. The van der Waals surface area contributed by atoms with Crippen LogP contribution in [0, 0.1) is 18.3 Å². The summed E-state index contributed by atoms with van der Waals surface area (Å²) in [6, 6.07) is 7.76. The van der Waals surface area contributed by atoms with Crippen molar-refractivity contribution in [3.63, 3.8) is 0 Å². The monoisotopic (exact) mass is 333 g/mol. The number of hydrogen-bond donors (Lipinski definition) is 1. The fourth-order valence-electron chi connectivity index (χ4n) is 1.66. The van der Waals surface area contributed by atoms with Crippen molar-refractivity contribution in [1.82, 2.24) is 5.16 Å². The summed E-state index contributed by atoms with van der Waals surface area (Å²) in [6.45, 7) is 3.08. The van der Waals surface area contributed by atoms with Gasteiger partial charge in [0.1, 0.15) is 6.07 Å². The molecule has 1 heterocycles. The minimum Gasteiger partial charge on any atom is -0.447 e. The number of nitriles is 1. The van der Waals surface area contributed by atoms with Gasteiger partial charge in [-0.2, -0.15) is 5.26 Å². The van der Waals surface area contributed by atoms with Gasteiger partial charge in [0.2, 0.25) is 5.76 Å². The summed E-state index contributed by atoms with van der Waals surface area (Å²) in [4.78, 5) is 23.8. The van der Waals surface area contributed by atoms with Crippen LogP contribution in [0.2, 0.25) is 5.02 Å². The molecule has 0 fully saturated rings. The highest BCUT2D eigenvalue weighted by atomic mass is 35.5. The molecule has 1 amide bonds. The van der Waals surface area contributed by atoms with Crippen molar-refractivity contribution < 1.29 is 18.8 Å². The number of esters is 1. The lowest BCUT2D eigenvalue weighted by Gasteiger charge is -2.12. The predicted octanol–water partition coefficient (Wildman–Crippen LogP) is 2.69. The summed E-state index contributed by atoms with van der Waals surface area (Å²) in [7, 11) is 0. The third-order valence-corrected chi connectivity index (χ3v) is 3.15. The molecule has 1 aromatic carbocycles. The van der Waals surface area contributed by atoms with Crippen LogP contribution < -0.4 is 5.32 Å². The van der Waals surface area contributed by atoms with Gasteiger partial charge < -0.3 is 14.6 Å². The number of benzene rings is 1. The summed E-state index contributed by atoms with van der Waals surface area (Å²) in [5.74, 6) is -1.41. The average molecular weight is 334 g/mol. The molecule has 0 saturated heterocycles. The van der Waals surface area contributed by atoms with Crippen molar-refractivity contribution in [2.75, 3.05) is 5.32 Å². The van der Waals surface area contributed by atoms with Gasteiger partial charge in [0, 0.05) is 11.8 Å². The summed E-state index contributed by atoms with van der Waals surface area (Å²) < 4.78 is 9.75. The van der Waals surface area contributed by atoms with E-state index in [4.69, 9.17) is 26.1 Å². The number of nitrogens with one attached hydrogen (secondary N) is 1. The van der Waals surface area contributed by atoms with E-state index in [0.29, 0.717) is 16.9 Å². The van der Waals surface area contributed by atoms with Gasteiger partial charge in [-0.15, -0.1) is 0 Å². The first kappa shape index (κ1) is 16.5. The number of carbonyl (C=O) groups excluding carboxylic acids is 2. The van der Waals surface area contributed by atoms with Gasteiger partial charge >= 0.3 is 5.97 Å². The molecule has 0 spiro atoms. The van der Waals surface area contributed by atoms with Crippen LogP contribution in [0.3, 0.4) is 0 Å². The minimum absolute atomic E-state index is 0.0800. The molecule has 1 atom stereocenters. The predicted molar refractivity (Wildman–Crippen MR) is 80.9 cm³/mol. The lowest BCUT2D eigenvalue weighted by molar-refractivity contribution is -0.123. The highest BCUT2D eigenvalue weighted by molar-refractivity contribution is 6.32. The second-order valence-electron chi connectivity index (χ2n) is 4.68. The largest absolute Gasteiger partial charge is 0.447 e. The highest BCUT2D eigenvalue weighted by Gasteiger charge is 2.21. The number of ether oxygens (including phenoxy) is 1.